The Morgan fingerprint density at radius 3 is 2.59 bits per heavy atom. The molecular formula is C24H37N5O3. The van der Waals surface area contributed by atoms with E-state index in [1.54, 1.807) is 4.90 Å². The zero-order valence-electron chi connectivity index (χ0n) is 19.5. The van der Waals surface area contributed by atoms with Gasteiger partial charge < -0.3 is 20.2 Å². The molecule has 3 heterocycles. The zero-order chi connectivity index (χ0) is 22.8. The van der Waals surface area contributed by atoms with Crippen molar-refractivity contribution in [3.63, 3.8) is 0 Å². The molecule has 0 aliphatic carbocycles. The number of fused-ring (bicyclic) bond motifs is 1. The molecule has 8 nitrogen and oxygen atoms in total. The lowest BCUT2D eigenvalue weighted by molar-refractivity contribution is -0.131. The van der Waals surface area contributed by atoms with E-state index in [-0.39, 0.29) is 36.0 Å². The van der Waals surface area contributed by atoms with Gasteiger partial charge in [-0.3, -0.25) is 19.4 Å². The molecular weight excluding hydrogens is 406 g/mol. The van der Waals surface area contributed by atoms with Crippen LogP contribution in [-0.4, -0.2) is 103 Å². The molecule has 8 heteroatoms. The van der Waals surface area contributed by atoms with Gasteiger partial charge in [0.25, 0.3) is 0 Å². The van der Waals surface area contributed by atoms with Crippen LogP contribution >= 0.6 is 0 Å². The molecule has 3 fully saturated rings. The minimum atomic E-state index is -0.386. The molecule has 2 N–H and O–H groups in total. The summed E-state index contributed by atoms with van der Waals surface area (Å²) in [6, 6.07) is 8.67. The Labute approximate surface area is 191 Å². The van der Waals surface area contributed by atoms with Crippen LogP contribution in [0.4, 0.5) is 5.69 Å². The Balaban J connectivity index is 1.37. The highest BCUT2D eigenvalue weighted by Gasteiger charge is 2.45. The van der Waals surface area contributed by atoms with Crippen molar-refractivity contribution in [3.05, 3.63) is 29.8 Å². The number of likely N-dealkylation sites (N-methyl/N-ethyl adjacent to an activating group) is 1. The third-order valence-electron chi connectivity index (χ3n) is 7.40. The summed E-state index contributed by atoms with van der Waals surface area (Å²) in [6.45, 7) is 3.32. The van der Waals surface area contributed by atoms with Crippen molar-refractivity contribution in [2.75, 3.05) is 52.2 Å². The van der Waals surface area contributed by atoms with Crippen LogP contribution < -0.4 is 10.2 Å². The third kappa shape index (κ3) is 4.92. The number of hydrogen-bond acceptors (Lipinski definition) is 6. The van der Waals surface area contributed by atoms with Crippen molar-refractivity contribution >= 4 is 17.5 Å². The topological polar surface area (TPSA) is 79.4 Å². The van der Waals surface area contributed by atoms with Gasteiger partial charge in [-0.25, -0.2) is 0 Å². The van der Waals surface area contributed by atoms with E-state index in [1.165, 1.54) is 11.3 Å². The van der Waals surface area contributed by atoms with Crippen LogP contribution in [0.2, 0.25) is 0 Å². The van der Waals surface area contributed by atoms with Crippen LogP contribution in [-0.2, 0) is 16.1 Å². The Morgan fingerprint density at radius 1 is 1.19 bits per heavy atom. The van der Waals surface area contributed by atoms with Crippen LogP contribution in [0.15, 0.2) is 24.3 Å². The predicted molar refractivity (Wildman–Crippen MR) is 124 cm³/mol. The lowest BCUT2D eigenvalue weighted by Crippen LogP contribution is -2.49. The first-order valence-electron chi connectivity index (χ1n) is 11.8. The number of amides is 2. The largest absolute Gasteiger partial charge is 0.391 e. The highest BCUT2D eigenvalue weighted by atomic mass is 16.3. The van der Waals surface area contributed by atoms with Crippen LogP contribution in [0.5, 0.6) is 0 Å². The molecule has 0 spiro atoms. The smallest absolute Gasteiger partial charge is 0.239 e. The van der Waals surface area contributed by atoms with Gasteiger partial charge >= 0.3 is 0 Å². The molecule has 3 aliphatic rings. The number of nitrogens with one attached hydrogen (secondary N) is 1. The standard InChI is InChI=1S/C24H37N5O3/c1-26(2)18-6-4-17(5-7-18)15-29-13-11-21-23(29)24(32)25-14-19(27(21)3)8-9-22(31)28-12-10-20(30)16-28/h4-7,19-21,23,30H,8-16H2,1-3H3,(H,25,32). The van der Waals surface area contributed by atoms with Gasteiger partial charge in [-0.15, -0.1) is 0 Å². The highest BCUT2D eigenvalue weighted by Crippen LogP contribution is 2.29. The Kier molecular flexibility index (Phi) is 7.02. The SMILES string of the molecule is CN(C)c1ccc(CN2CCC3C2C(=O)NCC(CCC(=O)N2CCC(O)C2)N3C)cc1. The number of aliphatic hydroxyl groups excluding tert-OH is 1. The van der Waals surface area contributed by atoms with Gasteiger partial charge in [-0.05, 0) is 44.0 Å². The molecule has 3 saturated heterocycles. The summed E-state index contributed by atoms with van der Waals surface area (Å²) in [7, 11) is 6.16. The maximum atomic E-state index is 13.0. The lowest BCUT2D eigenvalue weighted by Gasteiger charge is -2.33. The van der Waals surface area contributed by atoms with Crippen molar-refractivity contribution in [2.45, 2.75) is 56.5 Å². The van der Waals surface area contributed by atoms with Gasteiger partial charge in [0.15, 0.2) is 0 Å². The number of nitrogens with zero attached hydrogens (tertiary/aromatic N) is 4. The van der Waals surface area contributed by atoms with E-state index in [2.05, 4.69) is 51.3 Å². The molecule has 1 aromatic rings. The Hall–Kier alpha value is -2.16. The van der Waals surface area contributed by atoms with E-state index in [0.717, 1.165) is 25.9 Å². The molecule has 1 aromatic carbocycles. The number of hydrogen-bond donors (Lipinski definition) is 2. The van der Waals surface area contributed by atoms with Crippen LogP contribution in [0.3, 0.4) is 0 Å². The van der Waals surface area contributed by atoms with Crippen molar-refractivity contribution in [3.8, 4) is 0 Å². The molecule has 0 bridgehead atoms. The third-order valence-corrected chi connectivity index (χ3v) is 7.40. The summed E-state index contributed by atoms with van der Waals surface area (Å²) in [6.07, 6.45) is 2.41. The molecule has 0 saturated carbocycles. The first-order chi connectivity index (χ1) is 15.3. The average molecular weight is 444 g/mol. The van der Waals surface area contributed by atoms with Crippen LogP contribution in [0.25, 0.3) is 0 Å². The summed E-state index contributed by atoms with van der Waals surface area (Å²) in [5.74, 6) is 0.206. The summed E-state index contributed by atoms with van der Waals surface area (Å²) in [5.41, 5.74) is 2.38. The van der Waals surface area contributed by atoms with Gasteiger partial charge in [0.2, 0.25) is 11.8 Å². The normalized spacial score (nSPS) is 29.0. The van der Waals surface area contributed by atoms with E-state index in [0.29, 0.717) is 32.5 Å². The molecule has 4 atom stereocenters. The molecule has 0 radical (unpaired) electrons. The van der Waals surface area contributed by atoms with Crippen LogP contribution in [0.1, 0.15) is 31.2 Å². The lowest BCUT2D eigenvalue weighted by atomic mass is 10.0. The molecule has 32 heavy (non-hydrogen) atoms. The fourth-order valence-corrected chi connectivity index (χ4v) is 5.38. The Morgan fingerprint density at radius 2 is 1.94 bits per heavy atom. The average Bonchev–Trinajstić information content (AvgIpc) is 3.37. The number of benzene rings is 1. The minimum Gasteiger partial charge on any atom is -0.391 e. The van der Waals surface area contributed by atoms with Crippen molar-refractivity contribution in [1.82, 2.24) is 20.0 Å². The highest BCUT2D eigenvalue weighted by molar-refractivity contribution is 5.83. The van der Waals surface area contributed by atoms with Crippen LogP contribution in [0, 0.1) is 0 Å². The number of carbonyl (C=O) groups excluding carboxylic acids is 2. The summed E-state index contributed by atoms with van der Waals surface area (Å²) in [5, 5.41) is 12.8. The maximum absolute atomic E-state index is 13.0. The van der Waals surface area contributed by atoms with Crippen molar-refractivity contribution in [2.24, 2.45) is 0 Å². The number of aliphatic hydroxyl groups is 1. The van der Waals surface area contributed by atoms with Gasteiger partial charge in [0, 0.05) is 71.0 Å². The molecule has 3 aliphatic heterocycles. The molecule has 4 rings (SSSR count). The number of carbonyl (C=O) groups is 2. The summed E-state index contributed by atoms with van der Waals surface area (Å²) >= 11 is 0. The second-order valence-electron chi connectivity index (χ2n) is 9.72. The number of rotatable bonds is 6. The first-order valence-corrected chi connectivity index (χ1v) is 11.8. The molecule has 4 unspecified atom stereocenters. The van der Waals surface area contributed by atoms with E-state index in [9.17, 15) is 14.7 Å². The number of likely N-dealkylation sites (tertiary alicyclic amines) is 2. The van der Waals surface area contributed by atoms with E-state index in [1.807, 2.05) is 14.1 Å². The fourth-order valence-electron chi connectivity index (χ4n) is 5.38. The second kappa shape index (κ2) is 9.77. The van der Waals surface area contributed by atoms with E-state index >= 15 is 0 Å². The predicted octanol–water partition coefficient (Wildman–Crippen LogP) is 0.499. The maximum Gasteiger partial charge on any atom is 0.239 e. The van der Waals surface area contributed by atoms with Gasteiger partial charge in [0.1, 0.15) is 6.04 Å². The van der Waals surface area contributed by atoms with Gasteiger partial charge in [-0.1, -0.05) is 12.1 Å². The summed E-state index contributed by atoms with van der Waals surface area (Å²) < 4.78 is 0. The molecule has 0 aromatic heterocycles. The van der Waals surface area contributed by atoms with E-state index in [4.69, 9.17) is 0 Å². The summed E-state index contributed by atoms with van der Waals surface area (Å²) in [4.78, 5) is 34.0. The van der Waals surface area contributed by atoms with Gasteiger partial charge in [-0.2, -0.15) is 0 Å². The van der Waals surface area contributed by atoms with Crippen molar-refractivity contribution in [1.29, 1.82) is 0 Å². The number of anilines is 1. The molecule has 176 valence electrons. The molecule has 2 amide bonds. The number of β-amino-alcohol motifs (C(OH)–C–C–N with tert-alkyl or cyclic N) is 1. The quantitative estimate of drug-likeness (QED) is 0.667. The van der Waals surface area contributed by atoms with Crippen molar-refractivity contribution < 1.29 is 14.7 Å². The van der Waals surface area contributed by atoms with Gasteiger partial charge in [0.05, 0.1) is 6.10 Å². The monoisotopic (exact) mass is 443 g/mol. The minimum absolute atomic E-state index is 0.0979. The fraction of sp³-hybridized carbons (Fsp3) is 0.667. The first kappa shape index (κ1) is 23.0. The zero-order valence-corrected chi connectivity index (χ0v) is 19.5. The Bertz CT molecular complexity index is 814. The van der Waals surface area contributed by atoms with E-state index < -0.39 is 0 Å². The second-order valence-corrected chi connectivity index (χ2v) is 9.72.